The molecule has 0 bridgehead atoms. The van der Waals surface area contributed by atoms with Crippen molar-refractivity contribution in [3.05, 3.63) is 35.4 Å². The van der Waals surface area contributed by atoms with Crippen LogP contribution in [-0.2, 0) is 10.2 Å². The van der Waals surface area contributed by atoms with Gasteiger partial charge in [-0.15, -0.1) is 24.0 Å². The van der Waals surface area contributed by atoms with Crippen LogP contribution in [0.25, 0.3) is 0 Å². The van der Waals surface area contributed by atoms with E-state index < -0.39 is 0 Å². The Morgan fingerprint density at radius 3 is 2.58 bits per heavy atom. The summed E-state index contributed by atoms with van der Waals surface area (Å²) in [6.07, 6.45) is 2.16. The molecule has 0 saturated carbocycles. The molecule has 0 aliphatic rings. The Kier molecular flexibility index (Phi) is 12.1. The zero-order valence-electron chi connectivity index (χ0n) is 15.8. The van der Waals surface area contributed by atoms with Gasteiger partial charge in [0.2, 0.25) is 0 Å². The van der Waals surface area contributed by atoms with Gasteiger partial charge in [0.25, 0.3) is 0 Å². The van der Waals surface area contributed by atoms with Gasteiger partial charge in [0.15, 0.2) is 5.96 Å². The molecule has 1 aromatic rings. The van der Waals surface area contributed by atoms with E-state index in [-0.39, 0.29) is 29.4 Å². The van der Waals surface area contributed by atoms with Crippen molar-refractivity contribution in [3.63, 3.8) is 0 Å². The summed E-state index contributed by atoms with van der Waals surface area (Å²) in [7, 11) is 1.81. The molecule has 0 spiro atoms. The number of nitrogens with zero attached hydrogens (tertiary/aromatic N) is 1. The maximum absolute atomic E-state index is 5.34. The monoisotopic (exact) mass is 447 g/mol. The Balaban J connectivity index is 0.00000529. The molecule has 0 heterocycles. The number of hydrogen-bond acceptors (Lipinski definition) is 2. The average molecular weight is 447 g/mol. The van der Waals surface area contributed by atoms with E-state index in [0.29, 0.717) is 0 Å². The molecule has 0 unspecified atom stereocenters. The predicted molar refractivity (Wildman–Crippen MR) is 115 cm³/mol. The van der Waals surface area contributed by atoms with E-state index in [1.165, 1.54) is 11.1 Å². The molecular weight excluding hydrogens is 413 g/mol. The van der Waals surface area contributed by atoms with Gasteiger partial charge in [-0.3, -0.25) is 4.99 Å². The van der Waals surface area contributed by atoms with Crippen LogP contribution in [0.4, 0.5) is 0 Å². The summed E-state index contributed by atoms with van der Waals surface area (Å²) in [4.78, 5) is 4.30. The molecule has 4 nitrogen and oxygen atoms in total. The number of aliphatic imine (C=N–C) groups is 1. The smallest absolute Gasteiger partial charge is 0.191 e. The molecule has 0 fully saturated rings. The minimum absolute atomic E-state index is 0. The van der Waals surface area contributed by atoms with Crippen LogP contribution in [0, 0.1) is 6.92 Å². The number of hydrogen-bond donors (Lipinski definition) is 2. The van der Waals surface area contributed by atoms with Gasteiger partial charge in [-0.2, -0.15) is 0 Å². The zero-order valence-corrected chi connectivity index (χ0v) is 18.1. The largest absolute Gasteiger partial charge is 0.382 e. The summed E-state index contributed by atoms with van der Waals surface area (Å²) in [5, 5.41) is 6.80. The summed E-state index contributed by atoms with van der Waals surface area (Å²) in [5.41, 5.74) is 2.70. The van der Waals surface area contributed by atoms with Crippen molar-refractivity contribution >= 4 is 29.9 Å². The molecule has 138 valence electrons. The van der Waals surface area contributed by atoms with E-state index in [1.54, 1.807) is 0 Å². The normalized spacial score (nSPS) is 11.8. The first-order valence-electron chi connectivity index (χ1n) is 8.59. The number of halogens is 1. The summed E-state index contributed by atoms with van der Waals surface area (Å²) in [6.45, 7) is 12.1. The van der Waals surface area contributed by atoms with Crippen molar-refractivity contribution in [1.82, 2.24) is 10.6 Å². The molecule has 1 aromatic carbocycles. The highest BCUT2D eigenvalue weighted by Gasteiger charge is 2.20. The minimum atomic E-state index is 0. The Bertz CT molecular complexity index is 489. The van der Waals surface area contributed by atoms with E-state index in [0.717, 1.165) is 45.1 Å². The molecular formula is C19H34IN3O. The van der Waals surface area contributed by atoms with Gasteiger partial charge in [0, 0.05) is 38.8 Å². The van der Waals surface area contributed by atoms with Gasteiger partial charge < -0.3 is 15.4 Å². The number of benzene rings is 1. The third-order valence-corrected chi connectivity index (χ3v) is 3.93. The molecule has 0 radical (unpaired) electrons. The lowest BCUT2D eigenvalue weighted by Crippen LogP contribution is -2.43. The van der Waals surface area contributed by atoms with Gasteiger partial charge in [0.1, 0.15) is 0 Å². The molecule has 0 aliphatic carbocycles. The fourth-order valence-corrected chi connectivity index (χ4v) is 2.37. The maximum atomic E-state index is 5.34. The topological polar surface area (TPSA) is 45.6 Å². The predicted octanol–water partition coefficient (Wildman–Crippen LogP) is 3.87. The third kappa shape index (κ3) is 8.87. The van der Waals surface area contributed by atoms with Crippen molar-refractivity contribution < 1.29 is 4.74 Å². The second kappa shape index (κ2) is 12.5. The first kappa shape index (κ1) is 23.2. The summed E-state index contributed by atoms with van der Waals surface area (Å²) in [6, 6.07) is 8.71. The van der Waals surface area contributed by atoms with Crippen molar-refractivity contribution in [3.8, 4) is 0 Å². The highest BCUT2D eigenvalue weighted by molar-refractivity contribution is 14.0. The highest BCUT2D eigenvalue weighted by Crippen LogP contribution is 2.22. The van der Waals surface area contributed by atoms with Crippen LogP contribution in [0.1, 0.15) is 44.7 Å². The third-order valence-electron chi connectivity index (χ3n) is 3.93. The van der Waals surface area contributed by atoms with Gasteiger partial charge in [-0.05, 0) is 32.3 Å². The van der Waals surface area contributed by atoms with E-state index in [4.69, 9.17) is 4.74 Å². The van der Waals surface area contributed by atoms with E-state index >= 15 is 0 Å². The number of aryl methyl sites for hydroxylation is 1. The van der Waals surface area contributed by atoms with Crippen LogP contribution >= 0.6 is 24.0 Å². The fraction of sp³-hybridized carbons (Fsp3) is 0.632. The molecule has 0 aliphatic heterocycles. The summed E-state index contributed by atoms with van der Waals surface area (Å²) in [5.74, 6) is 0.863. The van der Waals surface area contributed by atoms with Crippen molar-refractivity contribution in [2.24, 2.45) is 4.99 Å². The van der Waals surface area contributed by atoms with E-state index in [9.17, 15) is 0 Å². The lowest BCUT2D eigenvalue weighted by molar-refractivity contribution is 0.143. The van der Waals surface area contributed by atoms with Gasteiger partial charge in [-0.25, -0.2) is 0 Å². The Labute approximate surface area is 164 Å². The molecule has 1 rings (SSSR count). The Morgan fingerprint density at radius 1 is 1.21 bits per heavy atom. The van der Waals surface area contributed by atoms with E-state index in [1.807, 2.05) is 14.0 Å². The van der Waals surface area contributed by atoms with Crippen LogP contribution in [0.5, 0.6) is 0 Å². The number of rotatable bonds is 9. The van der Waals surface area contributed by atoms with Crippen LogP contribution in [0.2, 0.25) is 0 Å². The molecule has 0 aromatic heterocycles. The minimum Gasteiger partial charge on any atom is -0.382 e. The molecule has 0 amide bonds. The highest BCUT2D eigenvalue weighted by atomic mass is 127. The number of nitrogens with one attached hydrogen (secondary N) is 2. The lowest BCUT2D eigenvalue weighted by Gasteiger charge is -2.27. The van der Waals surface area contributed by atoms with Crippen molar-refractivity contribution in [1.29, 1.82) is 0 Å². The first-order valence-corrected chi connectivity index (χ1v) is 8.59. The van der Waals surface area contributed by atoms with Crippen molar-refractivity contribution in [2.45, 2.75) is 46.0 Å². The lowest BCUT2D eigenvalue weighted by atomic mass is 9.84. The molecule has 0 saturated heterocycles. The van der Waals surface area contributed by atoms with E-state index in [2.05, 4.69) is 60.7 Å². The average Bonchev–Trinajstić information content (AvgIpc) is 2.53. The van der Waals surface area contributed by atoms with Gasteiger partial charge in [0.05, 0.1) is 0 Å². The molecule has 2 N–H and O–H groups in total. The zero-order chi connectivity index (χ0) is 17.1. The van der Waals surface area contributed by atoms with Gasteiger partial charge >= 0.3 is 0 Å². The first-order chi connectivity index (χ1) is 11.0. The van der Waals surface area contributed by atoms with Crippen molar-refractivity contribution in [2.75, 3.05) is 33.4 Å². The van der Waals surface area contributed by atoms with Crippen LogP contribution in [0.3, 0.4) is 0 Å². The Morgan fingerprint density at radius 2 is 1.96 bits per heavy atom. The summed E-state index contributed by atoms with van der Waals surface area (Å²) < 4.78 is 5.34. The number of ether oxygens (including phenoxy) is 1. The number of unbranched alkanes of at least 4 members (excludes halogenated alkanes) is 1. The van der Waals surface area contributed by atoms with Crippen LogP contribution in [-0.4, -0.2) is 39.3 Å². The second-order valence-electron chi connectivity index (χ2n) is 6.51. The molecule has 5 heteroatoms. The molecule has 24 heavy (non-hydrogen) atoms. The van der Waals surface area contributed by atoms with Crippen LogP contribution < -0.4 is 10.6 Å². The SMILES string of the molecule is CCOCCCCNC(=NC)NCC(C)(C)c1cccc(C)c1.I. The second-order valence-corrected chi connectivity index (χ2v) is 6.51. The number of guanidine groups is 1. The maximum Gasteiger partial charge on any atom is 0.191 e. The Hall–Kier alpha value is -0.820. The standard InChI is InChI=1S/C19H33N3O.HI/c1-6-23-13-8-7-12-21-18(20-5)22-15-19(3,4)17-11-9-10-16(2)14-17;/h9-11,14H,6-8,12-13,15H2,1-5H3,(H2,20,21,22);1H. The summed E-state index contributed by atoms with van der Waals surface area (Å²) >= 11 is 0. The fourth-order valence-electron chi connectivity index (χ4n) is 2.37. The van der Waals surface area contributed by atoms with Crippen LogP contribution in [0.15, 0.2) is 29.3 Å². The van der Waals surface area contributed by atoms with Gasteiger partial charge in [-0.1, -0.05) is 43.7 Å². The quantitative estimate of drug-likeness (QED) is 0.262. The molecule has 0 atom stereocenters.